The zero-order chi connectivity index (χ0) is 18.6. The molecule has 4 N–H and O–H groups in total. The van der Waals surface area contributed by atoms with E-state index in [0.717, 1.165) is 23.5 Å². The van der Waals surface area contributed by atoms with Crippen molar-refractivity contribution in [1.29, 1.82) is 0 Å². The third-order valence-electron chi connectivity index (χ3n) is 3.17. The van der Waals surface area contributed by atoms with Crippen LogP contribution in [-0.4, -0.2) is 17.1 Å². The van der Waals surface area contributed by atoms with E-state index in [-0.39, 0.29) is 10.6 Å². The molecule has 0 aliphatic heterocycles. The molecule has 1 heterocycles. The Morgan fingerprint density at radius 3 is 2.56 bits per heavy atom. The van der Waals surface area contributed by atoms with Crippen LogP contribution in [-0.2, 0) is 6.18 Å². The van der Waals surface area contributed by atoms with Crippen molar-refractivity contribution in [3.05, 3.63) is 51.7 Å². The number of hydrogen-bond donors (Lipinski definition) is 4. The van der Waals surface area contributed by atoms with E-state index in [1.807, 2.05) is 0 Å². The number of halogens is 3. The first kappa shape index (κ1) is 18.7. The van der Waals surface area contributed by atoms with E-state index in [9.17, 15) is 22.8 Å². The molecular weight excluding hydrogens is 359 g/mol. The molecule has 0 aliphatic carbocycles. The highest BCUT2D eigenvalue weighted by Gasteiger charge is 2.30. The number of carbonyl (C=O) groups excluding carboxylic acids is 2. The minimum Gasteiger partial charge on any atom is -0.331 e. The second-order valence-corrected chi connectivity index (χ2v) is 6.16. The van der Waals surface area contributed by atoms with Crippen LogP contribution in [0.5, 0.6) is 0 Å². The molecule has 0 aliphatic rings. The van der Waals surface area contributed by atoms with Crippen LogP contribution in [0.15, 0.2) is 36.4 Å². The van der Waals surface area contributed by atoms with Crippen molar-refractivity contribution in [3.8, 4) is 0 Å². The van der Waals surface area contributed by atoms with Crippen LogP contribution < -0.4 is 16.1 Å². The molecule has 0 saturated carbocycles. The Labute approximate surface area is 144 Å². The molecule has 6 nitrogen and oxygen atoms in total. The smallest absolute Gasteiger partial charge is 0.331 e. The lowest BCUT2D eigenvalue weighted by Gasteiger charge is -2.14. The fourth-order valence-electron chi connectivity index (χ4n) is 1.97. The maximum Gasteiger partial charge on any atom is 0.416 e. The predicted molar refractivity (Wildman–Crippen MR) is 85.6 cm³/mol. The van der Waals surface area contributed by atoms with Gasteiger partial charge in [0.05, 0.1) is 16.5 Å². The molecule has 1 unspecified atom stereocenters. The molecular formula is C15H14F3N3O3S. The highest BCUT2D eigenvalue weighted by molar-refractivity contribution is 7.14. The Balaban J connectivity index is 2.00. The predicted octanol–water partition coefficient (Wildman–Crippen LogP) is 3.77. The number of urea groups is 1. The summed E-state index contributed by atoms with van der Waals surface area (Å²) in [7, 11) is 0. The lowest BCUT2D eigenvalue weighted by molar-refractivity contribution is -0.137. The summed E-state index contributed by atoms with van der Waals surface area (Å²) in [6.07, 6.45) is -4.50. The van der Waals surface area contributed by atoms with Crippen molar-refractivity contribution in [2.24, 2.45) is 0 Å². The molecule has 2 rings (SSSR count). The second kappa shape index (κ2) is 7.53. The van der Waals surface area contributed by atoms with Crippen molar-refractivity contribution < 1.29 is 28.0 Å². The molecule has 0 bridgehead atoms. The van der Waals surface area contributed by atoms with Crippen LogP contribution >= 0.6 is 11.3 Å². The number of hydroxylamine groups is 1. The lowest BCUT2D eigenvalue weighted by Crippen LogP contribution is -2.30. The average Bonchev–Trinajstić information content (AvgIpc) is 3.03. The van der Waals surface area contributed by atoms with Gasteiger partial charge in [0.15, 0.2) is 0 Å². The van der Waals surface area contributed by atoms with Gasteiger partial charge in [-0.05, 0) is 37.3 Å². The van der Waals surface area contributed by atoms with Gasteiger partial charge in [-0.1, -0.05) is 6.07 Å². The van der Waals surface area contributed by atoms with Gasteiger partial charge in [-0.2, -0.15) is 13.2 Å². The number of rotatable bonds is 4. The summed E-state index contributed by atoms with van der Waals surface area (Å²) < 4.78 is 38.0. The molecule has 0 spiro atoms. The van der Waals surface area contributed by atoms with Crippen LogP contribution in [0.2, 0.25) is 0 Å². The van der Waals surface area contributed by atoms with Gasteiger partial charge >= 0.3 is 12.2 Å². The summed E-state index contributed by atoms with van der Waals surface area (Å²) in [6.45, 7) is 1.65. The summed E-state index contributed by atoms with van der Waals surface area (Å²) in [6, 6.07) is 6.18. The number of amides is 3. The Morgan fingerprint density at radius 1 is 1.20 bits per heavy atom. The fourth-order valence-corrected chi connectivity index (χ4v) is 2.87. The molecule has 0 fully saturated rings. The molecule has 2 aromatic rings. The first-order valence-corrected chi connectivity index (χ1v) is 7.81. The van der Waals surface area contributed by atoms with E-state index in [4.69, 9.17) is 5.21 Å². The number of carbonyl (C=O) groups is 2. The van der Waals surface area contributed by atoms with Gasteiger partial charge in [-0.15, -0.1) is 11.3 Å². The highest BCUT2D eigenvalue weighted by Crippen LogP contribution is 2.30. The lowest BCUT2D eigenvalue weighted by atomic mass is 10.2. The first-order valence-electron chi connectivity index (χ1n) is 6.99. The van der Waals surface area contributed by atoms with E-state index in [2.05, 4.69) is 10.6 Å². The Morgan fingerprint density at radius 2 is 1.92 bits per heavy atom. The van der Waals surface area contributed by atoms with Crippen LogP contribution in [0.1, 0.15) is 33.1 Å². The molecule has 1 atom stereocenters. The maximum atomic E-state index is 12.7. The number of benzene rings is 1. The zero-order valence-corrected chi connectivity index (χ0v) is 13.7. The average molecular weight is 373 g/mol. The topological polar surface area (TPSA) is 90.5 Å². The largest absolute Gasteiger partial charge is 0.416 e. The minimum absolute atomic E-state index is 0.00560. The quantitative estimate of drug-likeness (QED) is 0.486. The van der Waals surface area contributed by atoms with E-state index >= 15 is 0 Å². The van der Waals surface area contributed by atoms with Crippen molar-refractivity contribution in [2.45, 2.75) is 19.1 Å². The Bertz CT molecular complexity index is 777. The maximum absolute atomic E-state index is 12.7. The van der Waals surface area contributed by atoms with Crippen molar-refractivity contribution in [2.75, 3.05) is 5.32 Å². The molecule has 1 aromatic carbocycles. The van der Waals surface area contributed by atoms with Crippen molar-refractivity contribution >= 4 is 29.0 Å². The fraction of sp³-hybridized carbons (Fsp3) is 0.200. The summed E-state index contributed by atoms with van der Waals surface area (Å²) in [5, 5.41) is 13.5. The molecule has 0 saturated heterocycles. The molecule has 10 heteroatoms. The van der Waals surface area contributed by atoms with Gasteiger partial charge in [-0.3, -0.25) is 10.0 Å². The standard InChI is InChI=1S/C15H14F3N3O3S/c1-8(11-5-6-12(25-11)13(22)21-24)19-14(23)20-10-4-2-3-9(7-10)15(16,17)18/h2-8,24H,1H3,(H,21,22)(H2,19,20,23). The van der Waals surface area contributed by atoms with Crippen molar-refractivity contribution in [3.63, 3.8) is 0 Å². The van der Waals surface area contributed by atoms with Crippen molar-refractivity contribution in [1.82, 2.24) is 10.8 Å². The van der Waals surface area contributed by atoms with Gasteiger partial charge < -0.3 is 10.6 Å². The van der Waals surface area contributed by atoms with Gasteiger partial charge in [0.1, 0.15) is 0 Å². The third kappa shape index (κ3) is 4.94. The third-order valence-corrected chi connectivity index (χ3v) is 4.44. The Hall–Kier alpha value is -2.59. The molecule has 134 valence electrons. The highest BCUT2D eigenvalue weighted by atomic mass is 32.1. The SMILES string of the molecule is CC(NC(=O)Nc1cccc(C(F)(F)F)c1)c1ccc(C(=O)NO)s1. The van der Waals surface area contributed by atoms with E-state index < -0.39 is 29.7 Å². The normalized spacial score (nSPS) is 12.4. The van der Waals surface area contributed by atoms with Crippen LogP contribution in [0.4, 0.5) is 23.7 Å². The molecule has 3 amide bonds. The summed E-state index contributed by atoms with van der Waals surface area (Å²) >= 11 is 1.06. The minimum atomic E-state index is -4.50. The monoisotopic (exact) mass is 373 g/mol. The van der Waals surface area contributed by atoms with E-state index in [1.165, 1.54) is 23.7 Å². The van der Waals surface area contributed by atoms with Gasteiger partial charge in [0, 0.05) is 10.6 Å². The van der Waals surface area contributed by atoms with E-state index in [1.54, 1.807) is 13.0 Å². The number of nitrogens with one attached hydrogen (secondary N) is 3. The second-order valence-electron chi connectivity index (χ2n) is 5.04. The van der Waals surface area contributed by atoms with Crippen LogP contribution in [0.3, 0.4) is 0 Å². The number of anilines is 1. The Kier molecular flexibility index (Phi) is 5.65. The molecule has 25 heavy (non-hydrogen) atoms. The number of thiophene rings is 1. The summed E-state index contributed by atoms with van der Waals surface area (Å²) in [5.74, 6) is -0.670. The van der Waals surface area contributed by atoms with Gasteiger partial charge in [0.2, 0.25) is 0 Å². The van der Waals surface area contributed by atoms with Crippen LogP contribution in [0.25, 0.3) is 0 Å². The van der Waals surface area contributed by atoms with Crippen LogP contribution in [0, 0.1) is 0 Å². The number of hydrogen-bond acceptors (Lipinski definition) is 4. The summed E-state index contributed by atoms with van der Waals surface area (Å²) in [4.78, 5) is 24.1. The van der Waals surface area contributed by atoms with E-state index in [0.29, 0.717) is 4.88 Å². The number of alkyl halides is 3. The summed E-state index contributed by atoms with van der Waals surface area (Å²) in [5.41, 5.74) is 0.645. The van der Waals surface area contributed by atoms with Gasteiger partial charge in [-0.25, -0.2) is 10.3 Å². The first-order chi connectivity index (χ1) is 11.7. The molecule has 1 aromatic heterocycles. The van der Waals surface area contributed by atoms with Gasteiger partial charge in [0.25, 0.3) is 5.91 Å². The molecule has 0 radical (unpaired) electrons. The zero-order valence-electron chi connectivity index (χ0n) is 12.8.